The highest BCUT2D eigenvalue weighted by molar-refractivity contribution is 4.90. The van der Waals surface area contributed by atoms with Crippen molar-refractivity contribution in [2.45, 2.75) is 44.8 Å². The van der Waals surface area contributed by atoms with E-state index in [0.717, 1.165) is 31.4 Å². The zero-order valence-corrected chi connectivity index (χ0v) is 10.3. The molecule has 3 rings (SSSR count). The van der Waals surface area contributed by atoms with Crippen LogP contribution < -0.4 is 5.73 Å². The number of nitrogens with zero attached hydrogens (tertiary/aromatic N) is 4. The van der Waals surface area contributed by atoms with E-state index in [1.54, 1.807) is 0 Å². The van der Waals surface area contributed by atoms with Crippen molar-refractivity contribution < 1.29 is 0 Å². The Bertz CT molecular complexity index is 367. The standard InChI is InChI=1S/C12H21N5/c13-11-3-1-10(2-4-11)7-16-5-6-17-9-14-15-12(17)8-16/h9-11H,1-8,13H2. The fourth-order valence-corrected chi connectivity index (χ4v) is 3.01. The molecule has 2 heterocycles. The fraction of sp³-hybridized carbons (Fsp3) is 0.833. The molecule has 5 nitrogen and oxygen atoms in total. The molecular weight excluding hydrogens is 214 g/mol. The van der Waals surface area contributed by atoms with E-state index in [2.05, 4.69) is 19.7 Å². The summed E-state index contributed by atoms with van der Waals surface area (Å²) in [5, 5.41) is 8.13. The molecule has 0 bridgehead atoms. The van der Waals surface area contributed by atoms with Crippen LogP contribution in [0.2, 0.25) is 0 Å². The van der Waals surface area contributed by atoms with Crippen molar-refractivity contribution in [1.82, 2.24) is 19.7 Å². The molecule has 1 aromatic rings. The number of nitrogens with two attached hydrogens (primary N) is 1. The van der Waals surface area contributed by atoms with Gasteiger partial charge in [-0.2, -0.15) is 0 Å². The Morgan fingerprint density at radius 1 is 1.24 bits per heavy atom. The van der Waals surface area contributed by atoms with Gasteiger partial charge in [0.05, 0.1) is 6.54 Å². The molecule has 0 unspecified atom stereocenters. The maximum absolute atomic E-state index is 5.94. The lowest BCUT2D eigenvalue weighted by Crippen LogP contribution is -2.39. The molecule has 5 heteroatoms. The van der Waals surface area contributed by atoms with Crippen molar-refractivity contribution in [2.24, 2.45) is 11.7 Å². The molecule has 1 fully saturated rings. The maximum Gasteiger partial charge on any atom is 0.147 e. The van der Waals surface area contributed by atoms with Crippen LogP contribution in [0.25, 0.3) is 0 Å². The molecule has 1 aromatic heterocycles. The molecule has 94 valence electrons. The molecule has 2 aliphatic rings. The largest absolute Gasteiger partial charge is 0.328 e. The molecule has 0 spiro atoms. The van der Waals surface area contributed by atoms with Crippen LogP contribution in [-0.4, -0.2) is 38.8 Å². The minimum Gasteiger partial charge on any atom is -0.328 e. The highest BCUT2D eigenvalue weighted by atomic mass is 15.3. The number of hydrogen-bond acceptors (Lipinski definition) is 4. The van der Waals surface area contributed by atoms with Gasteiger partial charge in [0.2, 0.25) is 0 Å². The number of rotatable bonds is 2. The molecular formula is C12H21N5. The van der Waals surface area contributed by atoms with E-state index in [9.17, 15) is 0 Å². The predicted octanol–water partition coefficient (Wildman–Crippen LogP) is 0.611. The van der Waals surface area contributed by atoms with Gasteiger partial charge >= 0.3 is 0 Å². The van der Waals surface area contributed by atoms with E-state index in [-0.39, 0.29) is 0 Å². The first-order valence-corrected chi connectivity index (χ1v) is 6.66. The molecule has 1 aliphatic heterocycles. The third-order valence-corrected chi connectivity index (χ3v) is 4.13. The van der Waals surface area contributed by atoms with E-state index in [4.69, 9.17) is 5.73 Å². The summed E-state index contributed by atoms with van der Waals surface area (Å²) in [4.78, 5) is 2.52. The SMILES string of the molecule is NC1CCC(CN2CCn3cnnc3C2)CC1. The van der Waals surface area contributed by atoms with Crippen LogP contribution in [-0.2, 0) is 13.1 Å². The van der Waals surface area contributed by atoms with Crippen molar-refractivity contribution >= 4 is 0 Å². The topological polar surface area (TPSA) is 60.0 Å². The lowest BCUT2D eigenvalue weighted by molar-refractivity contribution is 0.161. The van der Waals surface area contributed by atoms with E-state index in [0.29, 0.717) is 6.04 Å². The van der Waals surface area contributed by atoms with Crippen LogP contribution in [0, 0.1) is 5.92 Å². The molecule has 0 saturated heterocycles. The smallest absolute Gasteiger partial charge is 0.147 e. The minimum absolute atomic E-state index is 0.454. The van der Waals surface area contributed by atoms with Crippen LogP contribution in [0.15, 0.2) is 6.33 Å². The molecule has 0 aromatic carbocycles. The van der Waals surface area contributed by atoms with Gasteiger partial charge in [0, 0.05) is 25.7 Å². The van der Waals surface area contributed by atoms with Gasteiger partial charge in [-0.3, -0.25) is 4.90 Å². The van der Waals surface area contributed by atoms with Gasteiger partial charge in [0.25, 0.3) is 0 Å². The molecule has 0 atom stereocenters. The van der Waals surface area contributed by atoms with E-state index >= 15 is 0 Å². The Morgan fingerprint density at radius 2 is 2.06 bits per heavy atom. The summed E-state index contributed by atoms with van der Waals surface area (Å²) in [5.41, 5.74) is 5.94. The third-order valence-electron chi connectivity index (χ3n) is 4.13. The first-order valence-electron chi connectivity index (χ1n) is 6.66. The fourth-order valence-electron chi connectivity index (χ4n) is 3.01. The second-order valence-corrected chi connectivity index (χ2v) is 5.46. The zero-order chi connectivity index (χ0) is 11.7. The van der Waals surface area contributed by atoms with Gasteiger partial charge in [-0.05, 0) is 31.6 Å². The summed E-state index contributed by atoms with van der Waals surface area (Å²) in [6, 6.07) is 0.454. The highest BCUT2D eigenvalue weighted by Crippen LogP contribution is 2.25. The van der Waals surface area contributed by atoms with E-state index in [1.165, 1.54) is 32.2 Å². The highest BCUT2D eigenvalue weighted by Gasteiger charge is 2.23. The van der Waals surface area contributed by atoms with Crippen LogP contribution >= 0.6 is 0 Å². The van der Waals surface area contributed by atoms with Gasteiger partial charge in [-0.15, -0.1) is 10.2 Å². The maximum atomic E-state index is 5.94. The van der Waals surface area contributed by atoms with Gasteiger partial charge in [-0.1, -0.05) is 0 Å². The minimum atomic E-state index is 0.454. The number of hydrogen-bond donors (Lipinski definition) is 1. The summed E-state index contributed by atoms with van der Waals surface area (Å²) in [7, 11) is 0. The second kappa shape index (κ2) is 4.74. The number of fused-ring (bicyclic) bond motifs is 1. The van der Waals surface area contributed by atoms with Gasteiger partial charge < -0.3 is 10.3 Å². The van der Waals surface area contributed by atoms with Crippen LogP contribution in [0.4, 0.5) is 0 Å². The Hall–Kier alpha value is -0.940. The first kappa shape index (κ1) is 11.2. The normalized spacial score (nSPS) is 30.2. The monoisotopic (exact) mass is 235 g/mol. The summed E-state index contributed by atoms with van der Waals surface area (Å²) in [6.07, 6.45) is 6.84. The summed E-state index contributed by atoms with van der Waals surface area (Å²) in [6.45, 7) is 4.34. The summed E-state index contributed by atoms with van der Waals surface area (Å²) >= 11 is 0. The Labute approximate surface area is 102 Å². The van der Waals surface area contributed by atoms with Crippen molar-refractivity contribution in [2.75, 3.05) is 13.1 Å². The van der Waals surface area contributed by atoms with Crippen LogP contribution in [0.3, 0.4) is 0 Å². The Morgan fingerprint density at radius 3 is 2.88 bits per heavy atom. The van der Waals surface area contributed by atoms with Gasteiger partial charge in [0.1, 0.15) is 12.2 Å². The van der Waals surface area contributed by atoms with E-state index < -0.39 is 0 Å². The second-order valence-electron chi connectivity index (χ2n) is 5.46. The average molecular weight is 235 g/mol. The lowest BCUT2D eigenvalue weighted by Gasteiger charge is -2.33. The van der Waals surface area contributed by atoms with Crippen molar-refractivity contribution in [1.29, 1.82) is 0 Å². The molecule has 1 aliphatic carbocycles. The molecule has 2 N–H and O–H groups in total. The summed E-state index contributed by atoms with van der Waals surface area (Å²) < 4.78 is 2.16. The van der Waals surface area contributed by atoms with Crippen molar-refractivity contribution in [3.05, 3.63) is 12.2 Å². The van der Waals surface area contributed by atoms with Gasteiger partial charge in [-0.25, -0.2) is 0 Å². The van der Waals surface area contributed by atoms with E-state index in [1.807, 2.05) is 6.33 Å². The van der Waals surface area contributed by atoms with Crippen molar-refractivity contribution in [3.8, 4) is 0 Å². The zero-order valence-electron chi connectivity index (χ0n) is 10.3. The lowest BCUT2D eigenvalue weighted by atomic mass is 9.86. The Balaban J connectivity index is 1.54. The summed E-state index contributed by atoms with van der Waals surface area (Å²) in [5.74, 6) is 1.95. The predicted molar refractivity (Wildman–Crippen MR) is 65.2 cm³/mol. The average Bonchev–Trinajstić information content (AvgIpc) is 2.79. The quantitative estimate of drug-likeness (QED) is 0.816. The molecule has 0 radical (unpaired) electrons. The number of aromatic nitrogens is 3. The molecule has 17 heavy (non-hydrogen) atoms. The Kier molecular flexibility index (Phi) is 3.11. The van der Waals surface area contributed by atoms with Crippen molar-refractivity contribution in [3.63, 3.8) is 0 Å². The van der Waals surface area contributed by atoms with Crippen LogP contribution in [0.1, 0.15) is 31.5 Å². The molecule has 1 saturated carbocycles. The first-order chi connectivity index (χ1) is 8.31. The third kappa shape index (κ3) is 2.50. The molecule has 0 amide bonds. The van der Waals surface area contributed by atoms with Gasteiger partial charge in [0.15, 0.2) is 0 Å². The van der Waals surface area contributed by atoms with Crippen LogP contribution in [0.5, 0.6) is 0 Å².